The number of hydrogen-bond acceptors (Lipinski definition) is 3. The largest absolute Gasteiger partial charge is 0.381 e. The minimum absolute atomic E-state index is 0.0932. The molecular formula is C13H24N2O2. The molecule has 17 heavy (non-hydrogen) atoms. The average Bonchev–Trinajstić information content (AvgIpc) is 2.36. The van der Waals surface area contributed by atoms with Crippen LogP contribution in [0.3, 0.4) is 0 Å². The molecule has 1 aliphatic heterocycles. The lowest BCUT2D eigenvalue weighted by Gasteiger charge is -2.14. The molecule has 0 saturated heterocycles. The second-order valence-electron chi connectivity index (χ2n) is 4.28. The third-order valence-corrected chi connectivity index (χ3v) is 2.75. The summed E-state index contributed by atoms with van der Waals surface area (Å²) in [4.78, 5) is 11.4. The van der Waals surface area contributed by atoms with Crippen molar-refractivity contribution in [3.8, 4) is 0 Å². The van der Waals surface area contributed by atoms with Crippen LogP contribution >= 0.6 is 0 Å². The molecule has 0 aromatic carbocycles. The Hall–Kier alpha value is -0.870. The van der Waals surface area contributed by atoms with Gasteiger partial charge in [-0.3, -0.25) is 4.79 Å². The molecule has 0 radical (unpaired) electrons. The topological polar surface area (TPSA) is 50.4 Å². The van der Waals surface area contributed by atoms with Crippen LogP contribution in [0.15, 0.2) is 11.6 Å². The Morgan fingerprint density at radius 3 is 3.12 bits per heavy atom. The van der Waals surface area contributed by atoms with E-state index in [1.807, 2.05) is 0 Å². The van der Waals surface area contributed by atoms with Gasteiger partial charge in [-0.25, -0.2) is 0 Å². The maximum atomic E-state index is 11.4. The second-order valence-corrected chi connectivity index (χ2v) is 4.28. The van der Waals surface area contributed by atoms with Gasteiger partial charge in [0.2, 0.25) is 5.91 Å². The normalized spacial score (nSPS) is 15.5. The van der Waals surface area contributed by atoms with Crippen LogP contribution in [0.25, 0.3) is 0 Å². The molecule has 0 aliphatic carbocycles. The van der Waals surface area contributed by atoms with Gasteiger partial charge in [-0.1, -0.05) is 18.6 Å². The fourth-order valence-corrected chi connectivity index (χ4v) is 1.76. The molecule has 0 fully saturated rings. The Labute approximate surface area is 104 Å². The van der Waals surface area contributed by atoms with Crippen molar-refractivity contribution in [2.24, 2.45) is 0 Å². The van der Waals surface area contributed by atoms with Gasteiger partial charge in [0.05, 0.1) is 6.61 Å². The third-order valence-electron chi connectivity index (χ3n) is 2.75. The van der Waals surface area contributed by atoms with E-state index in [9.17, 15) is 4.79 Å². The number of ether oxygens (including phenoxy) is 1. The average molecular weight is 240 g/mol. The number of carbonyl (C=O) groups excluding carboxylic acids is 1. The van der Waals surface area contributed by atoms with Gasteiger partial charge in [-0.15, -0.1) is 0 Å². The van der Waals surface area contributed by atoms with Gasteiger partial charge in [0, 0.05) is 26.1 Å². The van der Waals surface area contributed by atoms with Gasteiger partial charge in [0.25, 0.3) is 0 Å². The molecule has 0 unspecified atom stereocenters. The zero-order chi connectivity index (χ0) is 12.3. The van der Waals surface area contributed by atoms with Crippen molar-refractivity contribution in [3.63, 3.8) is 0 Å². The molecule has 2 N–H and O–H groups in total. The number of hydrogen-bond donors (Lipinski definition) is 2. The van der Waals surface area contributed by atoms with Crippen LogP contribution in [-0.4, -0.2) is 38.8 Å². The highest BCUT2D eigenvalue weighted by molar-refractivity contribution is 5.75. The standard InChI is InChI=1S/C13H24N2O2/c1-2-10-17-11-6-13(16)15-9-5-12-3-7-14-8-4-12/h3,14H,2,4-11H2,1H3,(H,15,16). The molecule has 1 amide bonds. The molecule has 1 rings (SSSR count). The van der Waals surface area contributed by atoms with E-state index in [1.165, 1.54) is 5.57 Å². The molecule has 1 heterocycles. The minimum atomic E-state index is 0.0932. The van der Waals surface area contributed by atoms with Crippen LogP contribution in [0.4, 0.5) is 0 Å². The summed E-state index contributed by atoms with van der Waals surface area (Å²) in [5, 5.41) is 6.20. The van der Waals surface area contributed by atoms with E-state index in [4.69, 9.17) is 4.74 Å². The van der Waals surface area contributed by atoms with Crippen molar-refractivity contribution < 1.29 is 9.53 Å². The zero-order valence-corrected chi connectivity index (χ0v) is 10.8. The first-order valence-corrected chi connectivity index (χ1v) is 6.56. The van der Waals surface area contributed by atoms with Crippen LogP contribution in [0.1, 0.15) is 32.6 Å². The molecule has 0 bridgehead atoms. The summed E-state index contributed by atoms with van der Waals surface area (Å²) in [7, 11) is 0. The van der Waals surface area contributed by atoms with Crippen molar-refractivity contribution in [3.05, 3.63) is 11.6 Å². The molecule has 0 spiro atoms. The Morgan fingerprint density at radius 2 is 2.41 bits per heavy atom. The van der Waals surface area contributed by atoms with Crippen LogP contribution < -0.4 is 10.6 Å². The van der Waals surface area contributed by atoms with Gasteiger partial charge >= 0.3 is 0 Å². The Balaban J connectivity index is 1.98. The predicted octanol–water partition coefficient (Wildman–Crippen LogP) is 1.23. The number of rotatable bonds is 8. The highest BCUT2D eigenvalue weighted by Crippen LogP contribution is 2.07. The highest BCUT2D eigenvalue weighted by Gasteiger charge is 2.04. The van der Waals surface area contributed by atoms with Crippen molar-refractivity contribution >= 4 is 5.91 Å². The fourth-order valence-electron chi connectivity index (χ4n) is 1.76. The second kappa shape index (κ2) is 9.19. The molecule has 0 aromatic rings. The summed E-state index contributed by atoms with van der Waals surface area (Å²) in [6, 6.07) is 0. The maximum Gasteiger partial charge on any atom is 0.222 e. The molecule has 98 valence electrons. The number of carbonyl (C=O) groups is 1. The van der Waals surface area contributed by atoms with E-state index in [0.717, 1.165) is 45.5 Å². The van der Waals surface area contributed by atoms with Crippen molar-refractivity contribution in [1.82, 2.24) is 10.6 Å². The van der Waals surface area contributed by atoms with E-state index < -0.39 is 0 Å². The minimum Gasteiger partial charge on any atom is -0.381 e. The van der Waals surface area contributed by atoms with Gasteiger partial charge in [-0.2, -0.15) is 0 Å². The lowest BCUT2D eigenvalue weighted by Crippen LogP contribution is -2.27. The summed E-state index contributed by atoms with van der Waals surface area (Å²) in [5.41, 5.74) is 1.45. The third kappa shape index (κ3) is 7.13. The van der Waals surface area contributed by atoms with Crippen LogP contribution in [0.2, 0.25) is 0 Å². The summed E-state index contributed by atoms with van der Waals surface area (Å²) in [5.74, 6) is 0.0932. The molecule has 4 heteroatoms. The van der Waals surface area contributed by atoms with Crippen LogP contribution in [0, 0.1) is 0 Å². The van der Waals surface area contributed by atoms with E-state index in [1.54, 1.807) is 0 Å². The fraction of sp³-hybridized carbons (Fsp3) is 0.769. The van der Waals surface area contributed by atoms with Crippen LogP contribution in [-0.2, 0) is 9.53 Å². The summed E-state index contributed by atoms with van der Waals surface area (Å²) < 4.78 is 5.27. The van der Waals surface area contributed by atoms with Gasteiger partial charge < -0.3 is 15.4 Å². The summed E-state index contributed by atoms with van der Waals surface area (Å²) in [6.07, 6.45) is 5.78. The SMILES string of the molecule is CCCOCCC(=O)NCCC1=CCNCC1. The van der Waals surface area contributed by atoms with E-state index in [0.29, 0.717) is 13.0 Å². The number of nitrogens with one attached hydrogen (secondary N) is 2. The van der Waals surface area contributed by atoms with Gasteiger partial charge in [0.15, 0.2) is 0 Å². The molecule has 0 saturated carbocycles. The first-order chi connectivity index (χ1) is 8.33. The lowest BCUT2D eigenvalue weighted by atomic mass is 10.1. The van der Waals surface area contributed by atoms with E-state index >= 15 is 0 Å². The quantitative estimate of drug-likeness (QED) is 0.495. The molecular weight excluding hydrogens is 216 g/mol. The van der Waals surface area contributed by atoms with Gasteiger partial charge in [0.1, 0.15) is 0 Å². The number of amides is 1. The Kier molecular flexibility index (Phi) is 7.67. The maximum absolute atomic E-state index is 11.4. The zero-order valence-electron chi connectivity index (χ0n) is 10.8. The monoisotopic (exact) mass is 240 g/mol. The smallest absolute Gasteiger partial charge is 0.222 e. The predicted molar refractivity (Wildman–Crippen MR) is 68.9 cm³/mol. The summed E-state index contributed by atoms with van der Waals surface area (Å²) >= 11 is 0. The van der Waals surface area contributed by atoms with E-state index in [2.05, 4.69) is 23.6 Å². The van der Waals surface area contributed by atoms with Gasteiger partial charge in [-0.05, 0) is 25.8 Å². The lowest BCUT2D eigenvalue weighted by molar-refractivity contribution is -0.122. The van der Waals surface area contributed by atoms with E-state index in [-0.39, 0.29) is 5.91 Å². The molecule has 1 aliphatic rings. The summed E-state index contributed by atoms with van der Waals surface area (Å²) in [6.45, 7) is 6.11. The highest BCUT2D eigenvalue weighted by atomic mass is 16.5. The Morgan fingerprint density at radius 1 is 1.53 bits per heavy atom. The molecule has 0 aromatic heterocycles. The molecule has 0 atom stereocenters. The van der Waals surface area contributed by atoms with Crippen molar-refractivity contribution in [2.45, 2.75) is 32.6 Å². The van der Waals surface area contributed by atoms with Crippen molar-refractivity contribution in [1.29, 1.82) is 0 Å². The first kappa shape index (κ1) is 14.2. The molecule has 4 nitrogen and oxygen atoms in total. The van der Waals surface area contributed by atoms with Crippen molar-refractivity contribution in [2.75, 3.05) is 32.8 Å². The first-order valence-electron chi connectivity index (χ1n) is 6.56. The Bertz CT molecular complexity index is 252. The van der Waals surface area contributed by atoms with Crippen LogP contribution in [0.5, 0.6) is 0 Å².